The van der Waals surface area contributed by atoms with E-state index in [1.165, 1.54) is 11.3 Å². The van der Waals surface area contributed by atoms with Crippen LogP contribution in [0.15, 0.2) is 47.3 Å². The molecular weight excluding hydrogens is 356 g/mol. The number of nitrogens with zero attached hydrogens (tertiary/aromatic N) is 1. The van der Waals surface area contributed by atoms with Crippen molar-refractivity contribution < 1.29 is 9.47 Å². The van der Waals surface area contributed by atoms with Gasteiger partial charge in [0.05, 0.1) is 12.1 Å². The second kappa shape index (κ2) is 5.44. The zero-order valence-electron chi connectivity index (χ0n) is 12.9. The molecule has 5 rings (SSSR count). The summed E-state index contributed by atoms with van der Waals surface area (Å²) < 4.78 is 14.5. The number of ether oxygens (including phenoxy) is 2. The van der Waals surface area contributed by atoms with E-state index in [1.54, 1.807) is 4.57 Å². The number of hydrogen-bond donors (Lipinski definition) is 1. The van der Waals surface area contributed by atoms with E-state index in [2.05, 4.69) is 4.98 Å². The molecule has 25 heavy (non-hydrogen) atoms. The minimum atomic E-state index is -0.0717. The Morgan fingerprint density at radius 2 is 2.00 bits per heavy atom. The highest BCUT2D eigenvalue weighted by Gasteiger charge is 2.15. The quantitative estimate of drug-likeness (QED) is 0.542. The van der Waals surface area contributed by atoms with Gasteiger partial charge < -0.3 is 14.5 Å². The molecule has 0 saturated heterocycles. The summed E-state index contributed by atoms with van der Waals surface area (Å²) in [5.74, 6) is 1.42. The van der Waals surface area contributed by atoms with Crippen molar-refractivity contribution in [3.8, 4) is 11.5 Å². The number of nitrogens with one attached hydrogen (secondary N) is 1. The smallest absolute Gasteiger partial charge is 0.272 e. The van der Waals surface area contributed by atoms with Crippen molar-refractivity contribution in [2.24, 2.45) is 0 Å². The van der Waals surface area contributed by atoms with Crippen LogP contribution in [0.4, 0.5) is 0 Å². The largest absolute Gasteiger partial charge is 0.454 e. The first-order valence-electron chi connectivity index (χ1n) is 7.73. The highest BCUT2D eigenvalue weighted by atomic mass is 32.1. The molecule has 0 aliphatic carbocycles. The number of aromatic nitrogens is 2. The standard InChI is InChI=1S/C18H12N2O3S2/c21-17-16-15(11-3-1-2-4-14(11)25-16)19-18(24)20(17)8-10-5-6-12-13(7-10)23-9-22-12/h1-7H,8-9H2,(H,19,24). The molecule has 5 nitrogen and oxygen atoms in total. The van der Waals surface area contributed by atoms with Gasteiger partial charge in [0, 0.05) is 10.1 Å². The van der Waals surface area contributed by atoms with Gasteiger partial charge in [0.15, 0.2) is 16.3 Å². The molecule has 1 aliphatic rings. The van der Waals surface area contributed by atoms with Crippen LogP contribution in [0.2, 0.25) is 0 Å². The van der Waals surface area contributed by atoms with Gasteiger partial charge in [-0.25, -0.2) is 0 Å². The summed E-state index contributed by atoms with van der Waals surface area (Å²) >= 11 is 6.94. The molecule has 1 N–H and O–H groups in total. The van der Waals surface area contributed by atoms with E-state index in [1.807, 2.05) is 42.5 Å². The summed E-state index contributed by atoms with van der Waals surface area (Å²) in [6.07, 6.45) is 0. The molecule has 0 fully saturated rings. The van der Waals surface area contributed by atoms with Gasteiger partial charge in [0.25, 0.3) is 5.56 Å². The number of benzene rings is 2. The Morgan fingerprint density at radius 1 is 1.16 bits per heavy atom. The van der Waals surface area contributed by atoms with Crippen molar-refractivity contribution in [2.75, 3.05) is 6.79 Å². The Kier molecular flexibility index (Phi) is 3.19. The first-order chi connectivity index (χ1) is 12.2. The van der Waals surface area contributed by atoms with Crippen LogP contribution in [0, 0.1) is 4.77 Å². The van der Waals surface area contributed by atoms with Crippen LogP contribution in [-0.2, 0) is 6.54 Å². The topological polar surface area (TPSA) is 56.2 Å². The average Bonchev–Trinajstić information content (AvgIpc) is 3.23. The Bertz CT molecular complexity index is 1250. The van der Waals surface area contributed by atoms with E-state index in [0.29, 0.717) is 21.8 Å². The normalized spacial score (nSPS) is 13.0. The molecule has 0 amide bonds. The van der Waals surface area contributed by atoms with Crippen molar-refractivity contribution >= 4 is 43.9 Å². The average molecular weight is 368 g/mol. The summed E-state index contributed by atoms with van der Waals surface area (Å²) in [6.45, 7) is 0.613. The van der Waals surface area contributed by atoms with Gasteiger partial charge in [-0.3, -0.25) is 9.36 Å². The second-order valence-corrected chi connectivity index (χ2v) is 7.25. The first kappa shape index (κ1) is 14.7. The fraction of sp³-hybridized carbons (Fsp3) is 0.111. The molecule has 2 aromatic heterocycles. The number of fused-ring (bicyclic) bond motifs is 4. The molecule has 7 heteroatoms. The maximum atomic E-state index is 13.0. The zero-order chi connectivity index (χ0) is 17.0. The van der Waals surface area contributed by atoms with Crippen LogP contribution < -0.4 is 15.0 Å². The van der Waals surface area contributed by atoms with Gasteiger partial charge in [0.1, 0.15) is 4.70 Å². The molecule has 3 heterocycles. The molecule has 1 aliphatic heterocycles. The minimum Gasteiger partial charge on any atom is -0.454 e. The van der Waals surface area contributed by atoms with Gasteiger partial charge in [0.2, 0.25) is 6.79 Å². The van der Waals surface area contributed by atoms with Crippen LogP contribution in [0.3, 0.4) is 0 Å². The number of rotatable bonds is 2. The summed E-state index contributed by atoms with van der Waals surface area (Å²) in [6, 6.07) is 13.6. The molecule has 0 unspecified atom stereocenters. The maximum Gasteiger partial charge on any atom is 0.272 e. The molecule has 0 radical (unpaired) electrons. The van der Waals surface area contributed by atoms with Crippen molar-refractivity contribution in [1.82, 2.24) is 9.55 Å². The van der Waals surface area contributed by atoms with Crippen molar-refractivity contribution in [3.05, 3.63) is 63.2 Å². The summed E-state index contributed by atoms with van der Waals surface area (Å²) in [7, 11) is 0. The predicted octanol–water partition coefficient (Wildman–Crippen LogP) is 4.05. The molecule has 0 saturated carbocycles. The molecule has 0 bridgehead atoms. The SMILES string of the molecule is O=c1c2sc3ccccc3c2[nH]c(=S)n1Cc1ccc2c(c1)OCO2. The van der Waals surface area contributed by atoms with Crippen molar-refractivity contribution in [1.29, 1.82) is 0 Å². The molecule has 0 spiro atoms. The number of aromatic amines is 1. The minimum absolute atomic E-state index is 0.0717. The van der Waals surface area contributed by atoms with Crippen molar-refractivity contribution in [2.45, 2.75) is 6.54 Å². The Morgan fingerprint density at radius 3 is 2.92 bits per heavy atom. The highest BCUT2D eigenvalue weighted by molar-refractivity contribution is 7.71. The van der Waals surface area contributed by atoms with Crippen LogP contribution in [0.25, 0.3) is 20.3 Å². The fourth-order valence-electron chi connectivity index (χ4n) is 3.07. The molecule has 2 aromatic carbocycles. The van der Waals surface area contributed by atoms with Crippen LogP contribution in [0.1, 0.15) is 5.56 Å². The molecule has 124 valence electrons. The van der Waals surface area contributed by atoms with Gasteiger partial charge in [-0.2, -0.15) is 0 Å². The lowest BCUT2D eigenvalue weighted by molar-refractivity contribution is 0.174. The summed E-state index contributed by atoms with van der Waals surface area (Å²) in [5, 5.41) is 1.03. The van der Waals surface area contributed by atoms with Crippen LogP contribution in [0.5, 0.6) is 11.5 Å². The number of hydrogen-bond acceptors (Lipinski definition) is 5. The van der Waals surface area contributed by atoms with E-state index >= 15 is 0 Å². The van der Waals surface area contributed by atoms with Crippen LogP contribution >= 0.6 is 23.6 Å². The second-order valence-electron chi connectivity index (χ2n) is 5.81. The third-order valence-corrected chi connectivity index (χ3v) is 5.77. The third-order valence-electron chi connectivity index (χ3n) is 4.29. The molecule has 4 aromatic rings. The van der Waals surface area contributed by atoms with Gasteiger partial charge in [-0.1, -0.05) is 24.3 Å². The monoisotopic (exact) mass is 368 g/mol. The van der Waals surface area contributed by atoms with Gasteiger partial charge in [-0.15, -0.1) is 11.3 Å². The third kappa shape index (κ3) is 2.27. The summed E-state index contributed by atoms with van der Waals surface area (Å²) in [4.78, 5) is 16.2. The molecular formula is C18H12N2O3S2. The first-order valence-corrected chi connectivity index (χ1v) is 8.96. The van der Waals surface area contributed by atoms with E-state index in [4.69, 9.17) is 21.7 Å². The Labute approximate surface area is 151 Å². The van der Waals surface area contributed by atoms with Gasteiger partial charge in [-0.05, 0) is 36.0 Å². The Balaban J connectivity index is 1.67. The van der Waals surface area contributed by atoms with E-state index in [-0.39, 0.29) is 12.4 Å². The lowest BCUT2D eigenvalue weighted by Crippen LogP contribution is -2.21. The molecule has 0 atom stereocenters. The fourth-order valence-corrected chi connectivity index (χ4v) is 4.43. The predicted molar refractivity (Wildman–Crippen MR) is 100 cm³/mol. The summed E-state index contributed by atoms with van der Waals surface area (Å²) in [5.41, 5.74) is 1.68. The van der Waals surface area contributed by atoms with E-state index < -0.39 is 0 Å². The lowest BCUT2D eigenvalue weighted by Gasteiger charge is -2.07. The van der Waals surface area contributed by atoms with Crippen molar-refractivity contribution in [3.63, 3.8) is 0 Å². The highest BCUT2D eigenvalue weighted by Crippen LogP contribution is 2.33. The van der Waals surface area contributed by atoms with Crippen LogP contribution in [-0.4, -0.2) is 16.3 Å². The van der Waals surface area contributed by atoms with Gasteiger partial charge >= 0.3 is 0 Å². The van der Waals surface area contributed by atoms with E-state index in [0.717, 1.165) is 26.9 Å². The zero-order valence-corrected chi connectivity index (χ0v) is 14.6. The van der Waals surface area contributed by atoms with E-state index in [9.17, 15) is 4.79 Å². The lowest BCUT2D eigenvalue weighted by atomic mass is 10.2. The Hall–Kier alpha value is -2.64. The maximum absolute atomic E-state index is 13.0. The number of thiophene rings is 1. The number of H-pyrrole nitrogens is 1.